The van der Waals surface area contributed by atoms with Gasteiger partial charge in [0, 0.05) is 26.1 Å². The Hall–Kier alpha value is -2.27. The third-order valence-corrected chi connectivity index (χ3v) is 7.87. The van der Waals surface area contributed by atoms with Crippen LogP contribution in [0.25, 0.3) is 0 Å². The molecular weight excluding hydrogens is 396 g/mol. The number of carbonyl (C=O) groups excluding carboxylic acids is 1. The number of rotatable bonds is 5. The number of hydrogen-bond donors (Lipinski definition) is 1. The van der Waals surface area contributed by atoms with Crippen LogP contribution in [0.3, 0.4) is 0 Å². The van der Waals surface area contributed by atoms with Crippen LogP contribution in [-0.4, -0.2) is 57.7 Å². The van der Waals surface area contributed by atoms with Crippen molar-refractivity contribution >= 4 is 15.9 Å². The highest BCUT2D eigenvalue weighted by molar-refractivity contribution is 7.89. The average molecular weight is 423 g/mol. The van der Waals surface area contributed by atoms with Crippen LogP contribution < -0.4 is 5.32 Å². The number of nitrogens with one attached hydrogen (secondary N) is 1. The Morgan fingerprint density at radius 3 is 2.48 bits per heavy atom. The van der Waals surface area contributed by atoms with Gasteiger partial charge in [-0.25, -0.2) is 8.42 Å². The van der Waals surface area contributed by atoms with Crippen LogP contribution in [0.4, 0.5) is 0 Å². The van der Waals surface area contributed by atoms with E-state index in [0.717, 1.165) is 12.8 Å². The van der Waals surface area contributed by atoms with Crippen LogP contribution in [-0.2, 0) is 21.9 Å². The number of carbonyl (C=O) groups is 1. The van der Waals surface area contributed by atoms with E-state index in [4.69, 9.17) is 4.52 Å². The zero-order valence-corrected chi connectivity index (χ0v) is 17.9. The fraction of sp³-hybridized carbons (Fsp3) is 0.667. The average Bonchev–Trinajstić information content (AvgIpc) is 3.37. The van der Waals surface area contributed by atoms with Crippen molar-refractivity contribution in [2.75, 3.05) is 13.1 Å². The van der Waals surface area contributed by atoms with Crippen molar-refractivity contribution in [3.63, 3.8) is 0 Å². The van der Waals surface area contributed by atoms with Gasteiger partial charge in [-0.3, -0.25) is 9.48 Å². The largest absolute Gasteiger partial charge is 0.351 e. The van der Waals surface area contributed by atoms with E-state index in [2.05, 4.69) is 20.6 Å². The Balaban J connectivity index is 1.62. The summed E-state index contributed by atoms with van der Waals surface area (Å²) in [7, 11) is -2.02. The molecule has 1 N–H and O–H groups in total. The minimum atomic E-state index is -3.74. The highest BCUT2D eigenvalue weighted by atomic mass is 32.2. The Morgan fingerprint density at radius 1 is 1.21 bits per heavy atom. The lowest BCUT2D eigenvalue weighted by atomic mass is 9.92. The van der Waals surface area contributed by atoms with Crippen molar-refractivity contribution < 1.29 is 17.7 Å². The summed E-state index contributed by atoms with van der Waals surface area (Å²) in [5.41, 5.74) is 1.06. The molecule has 0 unspecified atom stereocenters. The van der Waals surface area contributed by atoms with Gasteiger partial charge in [-0.2, -0.15) is 14.4 Å². The molecule has 2 fully saturated rings. The molecule has 158 valence electrons. The number of sulfonamides is 1. The van der Waals surface area contributed by atoms with Crippen LogP contribution in [0.1, 0.15) is 48.3 Å². The van der Waals surface area contributed by atoms with Crippen LogP contribution in [0.2, 0.25) is 0 Å². The van der Waals surface area contributed by atoms with E-state index in [1.807, 2.05) is 0 Å². The molecule has 29 heavy (non-hydrogen) atoms. The quantitative estimate of drug-likeness (QED) is 0.756. The number of piperidine rings is 1. The first-order valence-corrected chi connectivity index (χ1v) is 11.2. The number of aryl methyl sites for hydroxylation is 3. The number of hydrogen-bond acceptors (Lipinski definition) is 7. The van der Waals surface area contributed by atoms with Crippen molar-refractivity contribution in [1.29, 1.82) is 0 Å². The highest BCUT2D eigenvalue weighted by Gasteiger charge is 2.42. The first-order chi connectivity index (χ1) is 13.7. The summed E-state index contributed by atoms with van der Waals surface area (Å²) in [6.45, 7) is 5.63. The van der Waals surface area contributed by atoms with Crippen molar-refractivity contribution in [3.05, 3.63) is 23.1 Å². The lowest BCUT2D eigenvalue weighted by Crippen LogP contribution is -2.53. The molecule has 2 aliphatic rings. The fourth-order valence-electron chi connectivity index (χ4n) is 3.95. The highest BCUT2D eigenvalue weighted by Crippen LogP contribution is 2.34. The summed E-state index contributed by atoms with van der Waals surface area (Å²) in [5, 5.41) is 11.1. The molecule has 2 aromatic rings. The first kappa shape index (κ1) is 20.0. The van der Waals surface area contributed by atoms with Gasteiger partial charge in [0.25, 0.3) is 0 Å². The molecule has 0 bridgehead atoms. The Labute approximate surface area is 169 Å². The molecule has 1 saturated heterocycles. The van der Waals surface area contributed by atoms with Gasteiger partial charge < -0.3 is 9.84 Å². The molecule has 0 spiro atoms. The lowest BCUT2D eigenvalue weighted by Gasteiger charge is -2.36. The van der Waals surface area contributed by atoms with E-state index in [9.17, 15) is 13.2 Å². The van der Waals surface area contributed by atoms with Gasteiger partial charge in [-0.1, -0.05) is 5.16 Å². The van der Waals surface area contributed by atoms with Gasteiger partial charge >= 0.3 is 0 Å². The van der Waals surface area contributed by atoms with E-state index >= 15 is 0 Å². The standard InChI is InChI=1S/C18H26N6O4S/c1-10-16(11(2)23(4)21-10)29(26,27)24-8-7-14(18-19-12(3)22-28-18)15(9-24)20-17(25)13-5-6-13/h13-15H,5-9H2,1-4H3,(H,20,25)/t14-,15+/m0/s1. The minimum absolute atomic E-state index is 0.0230. The van der Waals surface area contributed by atoms with Crippen LogP contribution >= 0.6 is 0 Å². The maximum absolute atomic E-state index is 13.4. The monoisotopic (exact) mass is 422 g/mol. The second-order valence-electron chi connectivity index (χ2n) is 7.95. The van der Waals surface area contributed by atoms with Crippen molar-refractivity contribution in [1.82, 2.24) is 29.5 Å². The summed E-state index contributed by atoms with van der Waals surface area (Å²) in [6.07, 6.45) is 2.23. The van der Waals surface area contributed by atoms with E-state index in [0.29, 0.717) is 36.1 Å². The number of amides is 1. The minimum Gasteiger partial charge on any atom is -0.351 e. The molecule has 11 heteroatoms. The maximum Gasteiger partial charge on any atom is 0.246 e. The topological polar surface area (TPSA) is 123 Å². The second kappa shape index (κ2) is 7.21. The van der Waals surface area contributed by atoms with E-state index in [-0.39, 0.29) is 29.2 Å². The zero-order chi connectivity index (χ0) is 20.9. The molecule has 1 aliphatic heterocycles. The zero-order valence-electron chi connectivity index (χ0n) is 17.0. The molecular formula is C18H26N6O4S. The smallest absolute Gasteiger partial charge is 0.246 e. The Bertz CT molecular complexity index is 1040. The van der Waals surface area contributed by atoms with Crippen molar-refractivity contribution in [2.45, 2.75) is 56.9 Å². The summed E-state index contributed by atoms with van der Waals surface area (Å²) in [4.78, 5) is 17.0. The molecule has 2 atom stereocenters. The van der Waals surface area contributed by atoms with Gasteiger partial charge in [0.15, 0.2) is 5.82 Å². The third-order valence-electron chi connectivity index (χ3n) is 5.75. The molecule has 1 aliphatic carbocycles. The molecule has 0 aromatic carbocycles. The first-order valence-electron chi connectivity index (χ1n) is 9.79. The van der Waals surface area contributed by atoms with Gasteiger partial charge in [-0.15, -0.1) is 0 Å². The second-order valence-corrected chi connectivity index (χ2v) is 9.83. The van der Waals surface area contributed by atoms with Crippen molar-refractivity contribution in [2.24, 2.45) is 13.0 Å². The molecule has 10 nitrogen and oxygen atoms in total. The number of aromatic nitrogens is 4. The number of nitrogens with zero attached hydrogens (tertiary/aromatic N) is 5. The summed E-state index contributed by atoms with van der Waals surface area (Å²) < 4.78 is 35.1. The van der Waals surface area contributed by atoms with Gasteiger partial charge in [0.2, 0.25) is 21.8 Å². The molecule has 4 rings (SSSR count). The predicted octanol–water partition coefficient (Wildman–Crippen LogP) is 0.801. The van der Waals surface area contributed by atoms with Gasteiger partial charge in [0.1, 0.15) is 4.90 Å². The predicted molar refractivity (Wildman–Crippen MR) is 102 cm³/mol. The summed E-state index contributed by atoms with van der Waals surface area (Å²) >= 11 is 0. The molecule has 3 heterocycles. The van der Waals surface area contributed by atoms with E-state index in [1.54, 1.807) is 32.5 Å². The fourth-order valence-corrected chi connectivity index (χ4v) is 5.83. The van der Waals surface area contributed by atoms with Crippen molar-refractivity contribution in [3.8, 4) is 0 Å². The Kier molecular flexibility index (Phi) is 4.97. The lowest BCUT2D eigenvalue weighted by molar-refractivity contribution is -0.123. The van der Waals surface area contributed by atoms with Crippen LogP contribution in [0.5, 0.6) is 0 Å². The van der Waals surface area contributed by atoms with Crippen LogP contribution in [0.15, 0.2) is 9.42 Å². The van der Waals surface area contributed by atoms with E-state index in [1.165, 1.54) is 4.31 Å². The SMILES string of the molecule is Cc1noc([C@H]2CCN(S(=O)(=O)c3c(C)nn(C)c3C)C[C@H]2NC(=O)C2CC2)n1. The molecule has 2 aromatic heterocycles. The third kappa shape index (κ3) is 3.68. The molecule has 0 radical (unpaired) electrons. The maximum atomic E-state index is 13.4. The van der Waals surface area contributed by atoms with Crippen LogP contribution in [0, 0.1) is 26.7 Å². The van der Waals surface area contributed by atoms with Gasteiger partial charge in [0.05, 0.1) is 23.3 Å². The van der Waals surface area contributed by atoms with E-state index < -0.39 is 16.1 Å². The Morgan fingerprint density at radius 2 is 1.93 bits per heavy atom. The summed E-state index contributed by atoms with van der Waals surface area (Å²) in [6, 6.07) is -0.427. The van der Waals surface area contributed by atoms with Gasteiger partial charge in [-0.05, 0) is 40.0 Å². The molecule has 1 saturated carbocycles. The normalized spacial score (nSPS) is 23.3. The summed E-state index contributed by atoms with van der Waals surface area (Å²) in [5.74, 6) is 0.721. The molecule has 1 amide bonds.